The summed E-state index contributed by atoms with van der Waals surface area (Å²) in [6, 6.07) is 12.1. The van der Waals surface area contributed by atoms with Gasteiger partial charge in [-0.25, -0.2) is 0 Å². The fourth-order valence-corrected chi connectivity index (χ4v) is 4.82. The first-order valence-electron chi connectivity index (χ1n) is 9.77. The molecule has 1 N–H and O–H groups in total. The molecule has 2 aromatic carbocycles. The molecular weight excluding hydrogens is 475 g/mol. The predicted octanol–water partition coefficient (Wildman–Crippen LogP) is 6.58. The summed E-state index contributed by atoms with van der Waals surface area (Å²) in [5, 5.41) is 14.2. The van der Waals surface area contributed by atoms with Crippen LogP contribution >= 0.6 is 46.6 Å². The molecule has 9 heteroatoms. The van der Waals surface area contributed by atoms with Crippen molar-refractivity contribution >= 4 is 52.5 Å². The SMILES string of the molecule is CC(C)C[C@H](NC(=O)c1ccccc1Cl)c1nnc(SCc2ccc(Cl)cc2Cl)n1C. The second kappa shape index (κ2) is 10.7. The van der Waals surface area contributed by atoms with Gasteiger partial charge in [-0.3, -0.25) is 4.79 Å². The quantitative estimate of drug-likeness (QED) is 0.357. The molecule has 3 rings (SSSR count). The molecule has 0 radical (unpaired) electrons. The fraction of sp³-hybridized carbons (Fsp3) is 0.318. The van der Waals surface area contributed by atoms with Crippen LogP contribution < -0.4 is 5.32 Å². The van der Waals surface area contributed by atoms with Gasteiger partial charge in [0.2, 0.25) is 0 Å². The Morgan fingerprint density at radius 3 is 2.52 bits per heavy atom. The molecule has 0 unspecified atom stereocenters. The van der Waals surface area contributed by atoms with Gasteiger partial charge in [-0.1, -0.05) is 78.6 Å². The monoisotopic (exact) mass is 496 g/mol. The summed E-state index contributed by atoms with van der Waals surface area (Å²) in [4.78, 5) is 12.8. The number of aromatic nitrogens is 3. The number of rotatable bonds is 8. The molecule has 1 heterocycles. The second-order valence-corrected chi connectivity index (χ2v) is 9.75. The Kier molecular flexibility index (Phi) is 8.28. The van der Waals surface area contributed by atoms with Crippen molar-refractivity contribution in [3.05, 3.63) is 74.5 Å². The van der Waals surface area contributed by atoms with E-state index in [4.69, 9.17) is 34.8 Å². The molecule has 164 valence electrons. The largest absolute Gasteiger partial charge is 0.342 e. The highest BCUT2D eigenvalue weighted by Crippen LogP contribution is 2.29. The van der Waals surface area contributed by atoms with E-state index in [0.29, 0.717) is 38.1 Å². The summed E-state index contributed by atoms with van der Waals surface area (Å²) >= 11 is 20.0. The number of benzene rings is 2. The van der Waals surface area contributed by atoms with Crippen LogP contribution in [0.1, 0.15) is 48.1 Å². The number of carbonyl (C=O) groups is 1. The van der Waals surface area contributed by atoms with Crippen molar-refractivity contribution in [2.24, 2.45) is 13.0 Å². The molecule has 0 aliphatic heterocycles. The van der Waals surface area contributed by atoms with Crippen LogP contribution in [0.3, 0.4) is 0 Å². The van der Waals surface area contributed by atoms with Gasteiger partial charge >= 0.3 is 0 Å². The summed E-state index contributed by atoms with van der Waals surface area (Å²) in [6.45, 7) is 4.20. The van der Waals surface area contributed by atoms with E-state index in [-0.39, 0.29) is 11.9 Å². The lowest BCUT2D eigenvalue weighted by molar-refractivity contribution is 0.0929. The first kappa shape index (κ1) is 23.9. The minimum atomic E-state index is -0.297. The smallest absolute Gasteiger partial charge is 0.253 e. The Bertz CT molecular complexity index is 1070. The molecule has 5 nitrogen and oxygen atoms in total. The lowest BCUT2D eigenvalue weighted by Crippen LogP contribution is -2.31. The number of halogens is 3. The van der Waals surface area contributed by atoms with E-state index in [1.807, 2.05) is 23.7 Å². The zero-order chi connectivity index (χ0) is 22.5. The van der Waals surface area contributed by atoms with Gasteiger partial charge in [0.25, 0.3) is 5.91 Å². The Morgan fingerprint density at radius 1 is 1.10 bits per heavy atom. The van der Waals surface area contributed by atoms with Crippen LogP contribution in [-0.2, 0) is 12.8 Å². The summed E-state index contributed by atoms with van der Waals surface area (Å²) in [7, 11) is 1.90. The minimum absolute atomic E-state index is 0.235. The molecule has 1 amide bonds. The topological polar surface area (TPSA) is 59.8 Å². The average Bonchev–Trinajstić information content (AvgIpc) is 3.07. The average molecular weight is 498 g/mol. The second-order valence-electron chi connectivity index (χ2n) is 7.56. The molecule has 0 aliphatic carbocycles. The first-order valence-corrected chi connectivity index (χ1v) is 11.9. The standard InChI is InChI=1S/C22H23Cl3N4OS/c1-13(2)10-19(26-21(30)16-6-4-5-7-17(16)24)20-27-28-22(29(20)3)31-12-14-8-9-15(23)11-18(14)25/h4-9,11,13,19H,10,12H2,1-3H3,(H,26,30)/t19-/m0/s1. The summed E-state index contributed by atoms with van der Waals surface area (Å²) < 4.78 is 1.91. The van der Waals surface area contributed by atoms with E-state index in [9.17, 15) is 4.79 Å². The predicted molar refractivity (Wildman–Crippen MR) is 128 cm³/mol. The fourth-order valence-electron chi connectivity index (χ4n) is 3.12. The van der Waals surface area contributed by atoms with Crippen LogP contribution in [0.4, 0.5) is 0 Å². The molecule has 1 atom stereocenters. The Hall–Kier alpha value is -1.73. The van der Waals surface area contributed by atoms with Crippen LogP contribution in [0.2, 0.25) is 15.1 Å². The van der Waals surface area contributed by atoms with Crippen LogP contribution in [0, 0.1) is 5.92 Å². The minimum Gasteiger partial charge on any atom is -0.342 e. The molecule has 0 aliphatic rings. The van der Waals surface area contributed by atoms with Crippen LogP contribution in [0.15, 0.2) is 47.6 Å². The van der Waals surface area contributed by atoms with Crippen molar-refractivity contribution in [1.29, 1.82) is 0 Å². The van der Waals surface area contributed by atoms with Gasteiger partial charge in [0, 0.05) is 22.8 Å². The van der Waals surface area contributed by atoms with Gasteiger partial charge in [-0.05, 0) is 42.2 Å². The summed E-state index contributed by atoms with van der Waals surface area (Å²) in [5.41, 5.74) is 1.40. The van der Waals surface area contributed by atoms with E-state index in [1.54, 1.807) is 30.3 Å². The number of hydrogen-bond donors (Lipinski definition) is 1. The van der Waals surface area contributed by atoms with Gasteiger partial charge in [0.15, 0.2) is 11.0 Å². The maximum Gasteiger partial charge on any atom is 0.253 e. The van der Waals surface area contributed by atoms with Crippen LogP contribution in [0.5, 0.6) is 0 Å². The number of carbonyl (C=O) groups excluding carboxylic acids is 1. The van der Waals surface area contributed by atoms with Crippen molar-refractivity contribution in [3.63, 3.8) is 0 Å². The Balaban J connectivity index is 1.78. The number of thioether (sulfide) groups is 1. The van der Waals surface area contributed by atoms with Crippen molar-refractivity contribution in [2.45, 2.75) is 37.2 Å². The zero-order valence-electron chi connectivity index (χ0n) is 17.4. The summed E-state index contributed by atoms with van der Waals surface area (Å²) in [6.07, 6.45) is 0.718. The Morgan fingerprint density at radius 2 is 1.84 bits per heavy atom. The van der Waals surface area contributed by atoms with E-state index in [2.05, 4.69) is 29.4 Å². The van der Waals surface area contributed by atoms with Crippen molar-refractivity contribution < 1.29 is 4.79 Å². The third-order valence-electron chi connectivity index (χ3n) is 4.68. The molecule has 1 aromatic heterocycles. The van der Waals surface area contributed by atoms with Crippen molar-refractivity contribution in [2.75, 3.05) is 0 Å². The van der Waals surface area contributed by atoms with Gasteiger partial charge in [0.05, 0.1) is 16.6 Å². The number of amides is 1. The normalized spacial score (nSPS) is 12.2. The molecule has 3 aromatic rings. The van der Waals surface area contributed by atoms with Gasteiger partial charge in [-0.2, -0.15) is 0 Å². The third-order valence-corrected chi connectivity index (χ3v) is 6.67. The maximum atomic E-state index is 12.8. The van der Waals surface area contributed by atoms with E-state index in [0.717, 1.165) is 17.1 Å². The third kappa shape index (κ3) is 6.16. The molecule has 0 spiro atoms. The number of hydrogen-bond acceptors (Lipinski definition) is 4. The van der Waals surface area contributed by atoms with E-state index >= 15 is 0 Å². The lowest BCUT2D eigenvalue weighted by Gasteiger charge is -2.20. The van der Waals surface area contributed by atoms with E-state index < -0.39 is 0 Å². The highest BCUT2D eigenvalue weighted by Gasteiger charge is 2.24. The lowest BCUT2D eigenvalue weighted by atomic mass is 10.0. The maximum absolute atomic E-state index is 12.8. The molecule has 0 saturated heterocycles. The first-order chi connectivity index (χ1) is 14.8. The van der Waals surface area contributed by atoms with Crippen molar-refractivity contribution in [1.82, 2.24) is 20.1 Å². The molecule has 0 bridgehead atoms. The van der Waals surface area contributed by atoms with Crippen LogP contribution in [0.25, 0.3) is 0 Å². The zero-order valence-corrected chi connectivity index (χ0v) is 20.5. The van der Waals surface area contributed by atoms with Gasteiger partial charge < -0.3 is 9.88 Å². The molecule has 31 heavy (non-hydrogen) atoms. The van der Waals surface area contributed by atoms with E-state index in [1.165, 1.54) is 11.8 Å². The van der Waals surface area contributed by atoms with Gasteiger partial charge in [-0.15, -0.1) is 10.2 Å². The Labute approximate surface area is 201 Å². The molecule has 0 saturated carbocycles. The van der Waals surface area contributed by atoms with Gasteiger partial charge in [0.1, 0.15) is 0 Å². The highest BCUT2D eigenvalue weighted by molar-refractivity contribution is 7.98. The molecule has 0 fully saturated rings. The molecular formula is C22H23Cl3N4OS. The highest BCUT2D eigenvalue weighted by atomic mass is 35.5. The van der Waals surface area contributed by atoms with Crippen LogP contribution in [-0.4, -0.2) is 20.7 Å². The van der Waals surface area contributed by atoms with Crippen molar-refractivity contribution in [3.8, 4) is 0 Å². The summed E-state index contributed by atoms with van der Waals surface area (Å²) in [5.74, 6) is 1.43. The number of nitrogens with one attached hydrogen (secondary N) is 1. The number of nitrogens with zero attached hydrogens (tertiary/aromatic N) is 3.